The van der Waals surface area contributed by atoms with Gasteiger partial charge in [-0.05, 0) is 13.0 Å². The van der Waals surface area contributed by atoms with Crippen LogP contribution >= 0.6 is 0 Å². The largest absolute Gasteiger partial charge is 0.293 e. The van der Waals surface area contributed by atoms with Crippen molar-refractivity contribution in [3.05, 3.63) is 35.4 Å². The number of carbonyl (C=O) groups excluding carboxylic acids is 1. The number of rotatable bonds is 1. The lowest BCUT2D eigenvalue weighted by Crippen LogP contribution is -2.29. The highest BCUT2D eigenvalue weighted by atomic mass is 16.2. The van der Waals surface area contributed by atoms with Crippen LogP contribution in [0.15, 0.2) is 29.3 Å². The number of nitrogens with zero attached hydrogens (tertiary/aromatic N) is 2. The van der Waals surface area contributed by atoms with E-state index in [-0.39, 0.29) is 5.91 Å². The van der Waals surface area contributed by atoms with Crippen LogP contribution in [0.1, 0.15) is 22.8 Å². The van der Waals surface area contributed by atoms with Crippen molar-refractivity contribution in [3.8, 4) is 0 Å². The molecule has 0 radical (unpaired) electrons. The third kappa shape index (κ3) is 1.05. The zero-order valence-corrected chi connectivity index (χ0v) is 8.32. The Morgan fingerprint density at radius 2 is 1.93 bits per heavy atom. The van der Waals surface area contributed by atoms with E-state index in [1.54, 1.807) is 11.9 Å². The Bertz CT molecular complexity index is 410. The standard InChI is InChI=1S/C11H12N2O/c1-3-13-10(12-2)8-6-4-5-7-9(8)11(13)14/h4-7H,3H2,1-2H3. The predicted octanol–water partition coefficient (Wildman–Crippen LogP) is 1.54. The molecule has 0 bridgehead atoms. The van der Waals surface area contributed by atoms with Gasteiger partial charge in [0.05, 0.1) is 5.56 Å². The molecule has 1 amide bonds. The van der Waals surface area contributed by atoms with Gasteiger partial charge < -0.3 is 0 Å². The maximum Gasteiger partial charge on any atom is 0.260 e. The summed E-state index contributed by atoms with van der Waals surface area (Å²) in [6.45, 7) is 2.62. The van der Waals surface area contributed by atoms with Crippen LogP contribution in [0.3, 0.4) is 0 Å². The highest BCUT2D eigenvalue weighted by Gasteiger charge is 2.31. The van der Waals surface area contributed by atoms with Crippen LogP contribution in [-0.4, -0.2) is 30.2 Å². The lowest BCUT2D eigenvalue weighted by atomic mass is 10.1. The van der Waals surface area contributed by atoms with Crippen molar-refractivity contribution < 1.29 is 4.79 Å². The number of fused-ring (bicyclic) bond motifs is 1. The molecule has 1 aliphatic rings. The first-order valence-corrected chi connectivity index (χ1v) is 4.67. The molecule has 2 rings (SSSR count). The quantitative estimate of drug-likeness (QED) is 0.658. The van der Waals surface area contributed by atoms with Gasteiger partial charge in [-0.1, -0.05) is 18.2 Å². The molecule has 0 aromatic heterocycles. The van der Waals surface area contributed by atoms with Crippen LogP contribution in [-0.2, 0) is 0 Å². The van der Waals surface area contributed by atoms with E-state index >= 15 is 0 Å². The number of hydrogen-bond acceptors (Lipinski definition) is 2. The third-order valence-corrected chi connectivity index (χ3v) is 2.43. The van der Waals surface area contributed by atoms with Crippen molar-refractivity contribution in [2.45, 2.75) is 6.92 Å². The molecule has 0 spiro atoms. The summed E-state index contributed by atoms with van der Waals surface area (Å²) in [4.78, 5) is 17.7. The fourth-order valence-corrected chi connectivity index (χ4v) is 1.79. The Kier molecular flexibility index (Phi) is 2.08. The van der Waals surface area contributed by atoms with Crippen LogP contribution in [0.25, 0.3) is 0 Å². The molecule has 72 valence electrons. The number of aliphatic imine (C=N–C) groups is 1. The first-order chi connectivity index (χ1) is 6.79. The molecule has 1 heterocycles. The molecule has 0 atom stereocenters. The van der Waals surface area contributed by atoms with Gasteiger partial charge in [-0.25, -0.2) is 0 Å². The minimum Gasteiger partial charge on any atom is -0.293 e. The molecule has 14 heavy (non-hydrogen) atoms. The number of benzene rings is 1. The second-order valence-corrected chi connectivity index (χ2v) is 3.14. The van der Waals surface area contributed by atoms with Crippen molar-refractivity contribution in [2.24, 2.45) is 4.99 Å². The fraction of sp³-hybridized carbons (Fsp3) is 0.273. The summed E-state index contributed by atoms with van der Waals surface area (Å²) in [7, 11) is 1.72. The van der Waals surface area contributed by atoms with Gasteiger partial charge in [0, 0.05) is 19.2 Å². The monoisotopic (exact) mass is 188 g/mol. The summed E-state index contributed by atoms with van der Waals surface area (Å²) in [5, 5.41) is 0. The Labute approximate surface area is 83.1 Å². The van der Waals surface area contributed by atoms with E-state index < -0.39 is 0 Å². The van der Waals surface area contributed by atoms with Crippen LogP contribution < -0.4 is 0 Å². The second kappa shape index (κ2) is 3.25. The van der Waals surface area contributed by atoms with E-state index in [2.05, 4.69) is 4.99 Å². The molecule has 0 unspecified atom stereocenters. The number of hydrogen-bond donors (Lipinski definition) is 0. The molecule has 0 saturated heterocycles. The van der Waals surface area contributed by atoms with Crippen LogP contribution in [0.5, 0.6) is 0 Å². The Morgan fingerprint density at radius 1 is 1.29 bits per heavy atom. The van der Waals surface area contributed by atoms with Crippen molar-refractivity contribution >= 4 is 11.7 Å². The normalized spacial score (nSPS) is 17.7. The smallest absolute Gasteiger partial charge is 0.260 e. The van der Waals surface area contributed by atoms with E-state index in [4.69, 9.17) is 0 Å². The van der Waals surface area contributed by atoms with E-state index in [1.807, 2.05) is 31.2 Å². The highest BCUT2D eigenvalue weighted by Crippen LogP contribution is 2.22. The molecule has 0 aliphatic carbocycles. The molecular formula is C11H12N2O. The zero-order chi connectivity index (χ0) is 10.1. The molecule has 3 nitrogen and oxygen atoms in total. The first kappa shape index (κ1) is 8.94. The summed E-state index contributed by atoms with van der Waals surface area (Å²) in [5.74, 6) is 0.844. The van der Waals surface area contributed by atoms with E-state index in [0.29, 0.717) is 6.54 Å². The second-order valence-electron chi connectivity index (χ2n) is 3.14. The molecule has 0 fully saturated rings. The minimum absolute atomic E-state index is 0.0590. The maximum absolute atomic E-state index is 11.8. The summed E-state index contributed by atoms with van der Waals surface area (Å²) in [5.41, 5.74) is 1.71. The summed E-state index contributed by atoms with van der Waals surface area (Å²) in [6.07, 6.45) is 0. The molecule has 1 aliphatic heterocycles. The molecular weight excluding hydrogens is 176 g/mol. The summed E-state index contributed by atoms with van der Waals surface area (Å²) in [6, 6.07) is 7.59. The molecule has 3 heteroatoms. The van der Waals surface area contributed by atoms with Crippen LogP contribution in [0.2, 0.25) is 0 Å². The SMILES string of the molecule is CCN1C(=O)c2ccccc2C1=NC. The van der Waals surface area contributed by atoms with E-state index in [9.17, 15) is 4.79 Å². The minimum atomic E-state index is 0.0590. The Morgan fingerprint density at radius 3 is 2.50 bits per heavy atom. The van der Waals surface area contributed by atoms with Gasteiger partial charge in [0.15, 0.2) is 0 Å². The van der Waals surface area contributed by atoms with Crippen molar-refractivity contribution in [3.63, 3.8) is 0 Å². The topological polar surface area (TPSA) is 32.7 Å². The van der Waals surface area contributed by atoms with Gasteiger partial charge in [-0.2, -0.15) is 0 Å². The van der Waals surface area contributed by atoms with Gasteiger partial charge in [-0.3, -0.25) is 14.7 Å². The third-order valence-electron chi connectivity index (χ3n) is 2.43. The van der Waals surface area contributed by atoms with Gasteiger partial charge in [-0.15, -0.1) is 0 Å². The zero-order valence-electron chi connectivity index (χ0n) is 8.32. The first-order valence-electron chi connectivity index (χ1n) is 4.67. The molecule has 1 aromatic rings. The summed E-state index contributed by atoms with van der Waals surface area (Å²) < 4.78 is 0. The van der Waals surface area contributed by atoms with Crippen molar-refractivity contribution in [1.82, 2.24) is 4.90 Å². The van der Waals surface area contributed by atoms with Gasteiger partial charge in [0.1, 0.15) is 5.84 Å². The van der Waals surface area contributed by atoms with Gasteiger partial charge >= 0.3 is 0 Å². The van der Waals surface area contributed by atoms with Crippen molar-refractivity contribution in [2.75, 3.05) is 13.6 Å². The average Bonchev–Trinajstić information content (AvgIpc) is 2.51. The highest BCUT2D eigenvalue weighted by molar-refractivity contribution is 6.23. The van der Waals surface area contributed by atoms with Crippen molar-refractivity contribution in [1.29, 1.82) is 0 Å². The van der Waals surface area contributed by atoms with Crippen LogP contribution in [0.4, 0.5) is 0 Å². The van der Waals surface area contributed by atoms with Gasteiger partial charge in [0.25, 0.3) is 5.91 Å². The number of amidine groups is 1. The lowest BCUT2D eigenvalue weighted by Gasteiger charge is -2.13. The van der Waals surface area contributed by atoms with Gasteiger partial charge in [0.2, 0.25) is 0 Å². The lowest BCUT2D eigenvalue weighted by molar-refractivity contribution is 0.0865. The maximum atomic E-state index is 11.8. The van der Waals surface area contributed by atoms with E-state index in [1.165, 1.54) is 0 Å². The Balaban J connectivity index is 2.60. The molecule has 0 N–H and O–H groups in total. The fourth-order valence-electron chi connectivity index (χ4n) is 1.79. The van der Waals surface area contributed by atoms with Crippen LogP contribution in [0, 0.1) is 0 Å². The summed E-state index contributed by atoms with van der Waals surface area (Å²) >= 11 is 0. The predicted molar refractivity (Wildman–Crippen MR) is 55.6 cm³/mol. The molecule has 1 aromatic carbocycles. The van der Waals surface area contributed by atoms with E-state index in [0.717, 1.165) is 17.0 Å². The average molecular weight is 188 g/mol. The Hall–Kier alpha value is -1.64. The number of carbonyl (C=O) groups is 1. The molecule has 0 saturated carbocycles. The number of amides is 1.